The second-order valence-corrected chi connectivity index (χ2v) is 4.57. The van der Waals surface area contributed by atoms with Crippen molar-refractivity contribution >= 4 is 17.7 Å². The Morgan fingerprint density at radius 2 is 2.16 bits per heavy atom. The molecule has 0 bridgehead atoms. The van der Waals surface area contributed by atoms with Crippen LogP contribution in [0.1, 0.15) is 0 Å². The molecule has 8 heteroatoms. The number of nitrogens with two attached hydrogens (primary N) is 2. The Balaban J connectivity index is 2.33. The van der Waals surface area contributed by atoms with Gasteiger partial charge in [0.1, 0.15) is 5.75 Å². The zero-order valence-electron chi connectivity index (χ0n) is 10.2. The molecule has 0 saturated heterocycles. The van der Waals surface area contributed by atoms with E-state index in [1.54, 1.807) is 13.2 Å². The molecule has 2 rings (SSSR count). The monoisotopic (exact) mass is 279 g/mol. The van der Waals surface area contributed by atoms with Crippen molar-refractivity contribution in [3.63, 3.8) is 0 Å². The number of amides is 1. The van der Waals surface area contributed by atoms with Gasteiger partial charge in [-0.15, -0.1) is 10.2 Å². The Bertz CT molecular complexity index is 599. The number of nitrogen functional groups attached to an aromatic ring is 1. The molecule has 0 aliphatic carbocycles. The molecular weight excluding hydrogens is 266 g/mol. The fourth-order valence-corrected chi connectivity index (χ4v) is 2.12. The van der Waals surface area contributed by atoms with Crippen LogP contribution < -0.4 is 16.3 Å². The van der Waals surface area contributed by atoms with E-state index >= 15 is 0 Å². The van der Waals surface area contributed by atoms with Gasteiger partial charge in [0.05, 0.1) is 18.4 Å². The average molecular weight is 279 g/mol. The second-order valence-electron chi connectivity index (χ2n) is 3.63. The summed E-state index contributed by atoms with van der Waals surface area (Å²) in [5.41, 5.74) is 5.80. The van der Waals surface area contributed by atoms with E-state index in [4.69, 9.17) is 16.3 Å². The summed E-state index contributed by atoms with van der Waals surface area (Å²) in [6, 6.07) is 7.33. The molecule has 0 atom stereocenters. The first kappa shape index (κ1) is 13.2. The van der Waals surface area contributed by atoms with Crippen LogP contribution in [-0.4, -0.2) is 33.6 Å². The fraction of sp³-hybridized carbons (Fsp3) is 0.182. The van der Waals surface area contributed by atoms with Gasteiger partial charge in [-0.05, 0) is 12.1 Å². The lowest BCUT2D eigenvalue weighted by Crippen LogP contribution is -2.16. The van der Waals surface area contributed by atoms with Crippen LogP contribution in [-0.2, 0) is 4.79 Å². The smallest absolute Gasteiger partial charge is 0.227 e. The van der Waals surface area contributed by atoms with Crippen LogP contribution >= 0.6 is 11.8 Å². The predicted molar refractivity (Wildman–Crippen MR) is 72.1 cm³/mol. The molecule has 0 unspecified atom stereocenters. The topological polar surface area (TPSA) is 109 Å². The highest BCUT2D eigenvalue weighted by atomic mass is 32.2. The summed E-state index contributed by atoms with van der Waals surface area (Å²) in [5.74, 6) is 6.68. The van der Waals surface area contributed by atoms with Crippen molar-refractivity contribution in [3.05, 3.63) is 24.3 Å². The molecule has 0 spiro atoms. The molecule has 1 amide bonds. The first-order chi connectivity index (χ1) is 9.13. The molecule has 19 heavy (non-hydrogen) atoms. The summed E-state index contributed by atoms with van der Waals surface area (Å²) in [7, 11) is 1.57. The van der Waals surface area contributed by atoms with Crippen molar-refractivity contribution in [2.75, 3.05) is 18.7 Å². The molecule has 0 aliphatic rings. The van der Waals surface area contributed by atoms with Gasteiger partial charge in [0.25, 0.3) is 0 Å². The van der Waals surface area contributed by atoms with E-state index in [0.717, 1.165) is 17.3 Å². The fourth-order valence-electron chi connectivity index (χ4n) is 1.52. The quantitative estimate of drug-likeness (QED) is 0.599. The van der Waals surface area contributed by atoms with E-state index in [9.17, 15) is 4.79 Å². The number of hydrogen-bond acceptors (Lipinski definition) is 6. The molecular formula is C11H13N5O2S. The van der Waals surface area contributed by atoms with Crippen LogP contribution in [0.15, 0.2) is 29.4 Å². The third-order valence-corrected chi connectivity index (χ3v) is 3.32. The van der Waals surface area contributed by atoms with Gasteiger partial charge in [-0.1, -0.05) is 23.9 Å². The Kier molecular flexibility index (Phi) is 3.91. The number of carbonyl (C=O) groups is 1. The van der Waals surface area contributed by atoms with Gasteiger partial charge in [0.15, 0.2) is 5.82 Å². The lowest BCUT2D eigenvalue weighted by Gasteiger charge is -2.07. The molecule has 1 aromatic heterocycles. The number of benzene rings is 1. The van der Waals surface area contributed by atoms with Gasteiger partial charge in [-0.2, -0.15) is 0 Å². The number of thioether (sulfide) groups is 1. The zero-order chi connectivity index (χ0) is 13.8. The third kappa shape index (κ3) is 2.79. The number of ether oxygens (including phenoxy) is 1. The molecule has 0 radical (unpaired) electrons. The van der Waals surface area contributed by atoms with Gasteiger partial charge >= 0.3 is 0 Å². The van der Waals surface area contributed by atoms with E-state index in [2.05, 4.69) is 10.2 Å². The summed E-state index contributed by atoms with van der Waals surface area (Å²) in [6.45, 7) is 0. The summed E-state index contributed by atoms with van der Waals surface area (Å²) in [4.78, 5) is 10.7. The van der Waals surface area contributed by atoms with Crippen LogP contribution in [0, 0.1) is 0 Å². The number of rotatable bonds is 5. The van der Waals surface area contributed by atoms with Crippen molar-refractivity contribution in [3.8, 4) is 17.1 Å². The van der Waals surface area contributed by atoms with Gasteiger partial charge in [0, 0.05) is 0 Å². The van der Waals surface area contributed by atoms with Crippen molar-refractivity contribution in [1.29, 1.82) is 0 Å². The standard InChI is InChI=1S/C11H13N5O2S/c1-18-8-5-3-2-4-7(8)10-14-15-11(16(10)13)19-6-9(12)17/h2-5H,6,13H2,1H3,(H2,12,17). The average Bonchev–Trinajstić information content (AvgIpc) is 2.77. The van der Waals surface area contributed by atoms with E-state index in [0.29, 0.717) is 16.7 Å². The summed E-state index contributed by atoms with van der Waals surface area (Å²) in [5, 5.41) is 8.35. The minimum atomic E-state index is -0.438. The van der Waals surface area contributed by atoms with Crippen LogP contribution in [0.5, 0.6) is 5.75 Å². The lowest BCUT2D eigenvalue weighted by molar-refractivity contribution is -0.115. The minimum absolute atomic E-state index is 0.0985. The number of para-hydroxylation sites is 1. The Labute approximate surface area is 113 Å². The van der Waals surface area contributed by atoms with Crippen molar-refractivity contribution < 1.29 is 9.53 Å². The first-order valence-electron chi connectivity index (χ1n) is 5.38. The maximum absolute atomic E-state index is 10.7. The zero-order valence-corrected chi connectivity index (χ0v) is 11.1. The molecule has 7 nitrogen and oxygen atoms in total. The van der Waals surface area contributed by atoms with Gasteiger partial charge in [-0.3, -0.25) is 4.79 Å². The largest absolute Gasteiger partial charge is 0.496 e. The maximum atomic E-state index is 10.7. The SMILES string of the molecule is COc1ccccc1-c1nnc(SCC(N)=O)n1N. The molecule has 1 heterocycles. The number of primary amides is 1. The van der Waals surface area contributed by atoms with Crippen LogP contribution in [0.25, 0.3) is 11.4 Å². The first-order valence-corrected chi connectivity index (χ1v) is 6.37. The highest BCUT2D eigenvalue weighted by molar-refractivity contribution is 7.99. The number of methoxy groups -OCH3 is 1. The number of nitrogens with zero attached hydrogens (tertiary/aromatic N) is 3. The van der Waals surface area contributed by atoms with Crippen LogP contribution in [0.4, 0.5) is 0 Å². The van der Waals surface area contributed by atoms with Crippen molar-refractivity contribution in [2.24, 2.45) is 5.73 Å². The van der Waals surface area contributed by atoms with E-state index < -0.39 is 5.91 Å². The molecule has 0 fully saturated rings. The normalized spacial score (nSPS) is 10.4. The minimum Gasteiger partial charge on any atom is -0.496 e. The Hall–Kier alpha value is -2.22. The molecule has 4 N–H and O–H groups in total. The lowest BCUT2D eigenvalue weighted by atomic mass is 10.2. The maximum Gasteiger partial charge on any atom is 0.227 e. The van der Waals surface area contributed by atoms with Crippen LogP contribution in [0.2, 0.25) is 0 Å². The number of hydrogen-bond donors (Lipinski definition) is 2. The highest BCUT2D eigenvalue weighted by Gasteiger charge is 2.15. The Morgan fingerprint density at radius 1 is 1.42 bits per heavy atom. The van der Waals surface area contributed by atoms with Gasteiger partial charge < -0.3 is 16.3 Å². The summed E-state index contributed by atoms with van der Waals surface area (Å²) < 4.78 is 6.56. The molecule has 1 aromatic carbocycles. The molecule has 2 aromatic rings. The van der Waals surface area contributed by atoms with E-state index in [-0.39, 0.29) is 5.75 Å². The van der Waals surface area contributed by atoms with Gasteiger partial charge in [0.2, 0.25) is 11.1 Å². The van der Waals surface area contributed by atoms with Crippen molar-refractivity contribution in [2.45, 2.75) is 5.16 Å². The molecule has 100 valence electrons. The van der Waals surface area contributed by atoms with E-state index in [1.165, 1.54) is 4.68 Å². The van der Waals surface area contributed by atoms with Crippen molar-refractivity contribution in [1.82, 2.24) is 14.9 Å². The highest BCUT2D eigenvalue weighted by Crippen LogP contribution is 2.29. The molecule has 0 aliphatic heterocycles. The van der Waals surface area contributed by atoms with Gasteiger partial charge in [-0.25, -0.2) is 4.68 Å². The third-order valence-electron chi connectivity index (χ3n) is 2.36. The summed E-state index contributed by atoms with van der Waals surface area (Å²) >= 11 is 1.13. The van der Waals surface area contributed by atoms with E-state index in [1.807, 2.05) is 18.2 Å². The van der Waals surface area contributed by atoms with Crippen LogP contribution in [0.3, 0.4) is 0 Å². The number of aromatic nitrogens is 3. The predicted octanol–water partition coefficient (Wildman–Crippen LogP) is 0.245. The summed E-state index contributed by atoms with van der Waals surface area (Å²) in [6.07, 6.45) is 0. The Morgan fingerprint density at radius 3 is 2.84 bits per heavy atom. The second kappa shape index (κ2) is 5.61. The molecule has 0 saturated carbocycles. The number of carbonyl (C=O) groups excluding carboxylic acids is 1.